The average molecular weight is 332 g/mol. The van der Waals surface area contributed by atoms with Crippen molar-refractivity contribution in [3.63, 3.8) is 0 Å². The normalized spacial score (nSPS) is 11.8. The van der Waals surface area contributed by atoms with Crippen LogP contribution in [0.25, 0.3) is 0 Å². The number of amides is 2. The number of hydrogen-bond acceptors (Lipinski definition) is 4. The fourth-order valence-corrected chi connectivity index (χ4v) is 3.01. The Bertz CT molecular complexity index is 724. The number of carbonyl (C=O) groups excluding carboxylic acids is 2. The van der Waals surface area contributed by atoms with Crippen LogP contribution in [-0.4, -0.2) is 23.5 Å². The van der Waals surface area contributed by atoms with Gasteiger partial charge in [0.25, 0.3) is 0 Å². The molecule has 5 nitrogen and oxygen atoms in total. The number of benzene rings is 1. The Labute approximate surface area is 139 Å². The number of aliphatic hydroxyl groups is 1. The molecule has 0 radical (unpaired) electrons. The standard InChI is InChI=1S/C17H20N2O3S/c1-10-4-5-13(8-12(10)3)19-17(22)16(21)18-9-14(20)15-11(2)6-7-23-15/h4-8,14,20H,9H2,1-3H3,(H,18,21)(H,19,22). The average Bonchev–Trinajstić information content (AvgIpc) is 2.94. The molecule has 1 aromatic heterocycles. The van der Waals surface area contributed by atoms with Crippen molar-refractivity contribution in [2.75, 3.05) is 11.9 Å². The second kappa shape index (κ2) is 7.39. The van der Waals surface area contributed by atoms with Crippen LogP contribution >= 0.6 is 11.3 Å². The van der Waals surface area contributed by atoms with E-state index in [0.29, 0.717) is 5.69 Å². The van der Waals surface area contributed by atoms with Crippen LogP contribution in [0.1, 0.15) is 27.7 Å². The number of aryl methyl sites for hydroxylation is 3. The van der Waals surface area contributed by atoms with Crippen LogP contribution in [0, 0.1) is 20.8 Å². The number of thiophene rings is 1. The van der Waals surface area contributed by atoms with Crippen molar-refractivity contribution < 1.29 is 14.7 Å². The van der Waals surface area contributed by atoms with Crippen molar-refractivity contribution in [3.8, 4) is 0 Å². The van der Waals surface area contributed by atoms with Gasteiger partial charge in [-0.2, -0.15) is 0 Å². The lowest BCUT2D eigenvalue weighted by atomic mass is 10.1. The predicted octanol–water partition coefficient (Wildman–Crippen LogP) is 2.46. The molecule has 0 aliphatic rings. The summed E-state index contributed by atoms with van der Waals surface area (Å²) in [7, 11) is 0. The Balaban J connectivity index is 1.89. The smallest absolute Gasteiger partial charge is 0.313 e. The predicted molar refractivity (Wildman–Crippen MR) is 91.6 cm³/mol. The van der Waals surface area contributed by atoms with Gasteiger partial charge in [0.1, 0.15) is 6.10 Å². The molecule has 1 aromatic carbocycles. The molecule has 0 aliphatic heterocycles. The number of rotatable bonds is 4. The van der Waals surface area contributed by atoms with Gasteiger partial charge >= 0.3 is 11.8 Å². The fraction of sp³-hybridized carbons (Fsp3) is 0.294. The Hall–Kier alpha value is -2.18. The van der Waals surface area contributed by atoms with Gasteiger partial charge in [0.05, 0.1) is 0 Å². The van der Waals surface area contributed by atoms with Gasteiger partial charge in [-0.3, -0.25) is 9.59 Å². The number of nitrogens with one attached hydrogen (secondary N) is 2. The Morgan fingerprint density at radius 2 is 1.83 bits per heavy atom. The first-order valence-electron chi connectivity index (χ1n) is 7.27. The van der Waals surface area contributed by atoms with E-state index in [0.717, 1.165) is 21.6 Å². The molecule has 0 saturated heterocycles. The summed E-state index contributed by atoms with van der Waals surface area (Å²) in [5.74, 6) is -1.51. The van der Waals surface area contributed by atoms with Crippen molar-refractivity contribution in [3.05, 3.63) is 51.2 Å². The summed E-state index contributed by atoms with van der Waals surface area (Å²) in [6.45, 7) is 5.80. The van der Waals surface area contributed by atoms with Crippen LogP contribution < -0.4 is 10.6 Å². The van der Waals surface area contributed by atoms with Crippen LogP contribution in [0.3, 0.4) is 0 Å². The molecule has 0 bridgehead atoms. The summed E-state index contributed by atoms with van der Waals surface area (Å²) in [5, 5.41) is 16.9. The molecule has 3 N–H and O–H groups in total. The van der Waals surface area contributed by atoms with E-state index in [2.05, 4.69) is 10.6 Å². The molecular formula is C17H20N2O3S. The van der Waals surface area contributed by atoms with Crippen LogP contribution in [-0.2, 0) is 9.59 Å². The van der Waals surface area contributed by atoms with Crippen LogP contribution in [0.4, 0.5) is 5.69 Å². The lowest BCUT2D eigenvalue weighted by Gasteiger charge is -2.12. The monoisotopic (exact) mass is 332 g/mol. The fourth-order valence-electron chi connectivity index (χ4n) is 2.10. The molecule has 0 spiro atoms. The number of hydrogen-bond donors (Lipinski definition) is 3. The summed E-state index contributed by atoms with van der Waals surface area (Å²) in [6.07, 6.45) is -0.812. The molecule has 0 aliphatic carbocycles. The van der Waals surface area contributed by atoms with E-state index in [-0.39, 0.29) is 6.54 Å². The molecular weight excluding hydrogens is 312 g/mol. The van der Waals surface area contributed by atoms with Gasteiger partial charge in [-0.05, 0) is 61.0 Å². The summed E-state index contributed by atoms with van der Waals surface area (Å²) in [5.41, 5.74) is 3.69. The number of anilines is 1. The third kappa shape index (κ3) is 4.40. The van der Waals surface area contributed by atoms with Gasteiger partial charge in [-0.15, -0.1) is 11.3 Å². The Morgan fingerprint density at radius 3 is 2.43 bits per heavy atom. The van der Waals surface area contributed by atoms with Gasteiger partial charge in [0.15, 0.2) is 0 Å². The lowest BCUT2D eigenvalue weighted by molar-refractivity contribution is -0.136. The largest absolute Gasteiger partial charge is 0.386 e. The topological polar surface area (TPSA) is 78.4 Å². The highest BCUT2D eigenvalue weighted by atomic mass is 32.1. The maximum Gasteiger partial charge on any atom is 0.313 e. The molecule has 1 heterocycles. The minimum atomic E-state index is -0.812. The van der Waals surface area contributed by atoms with E-state index in [1.807, 2.05) is 44.4 Å². The third-order valence-corrected chi connectivity index (χ3v) is 4.75. The maximum atomic E-state index is 11.9. The Morgan fingerprint density at radius 1 is 1.09 bits per heavy atom. The lowest BCUT2D eigenvalue weighted by Crippen LogP contribution is -2.37. The second-order valence-corrected chi connectivity index (χ2v) is 6.39. The highest BCUT2D eigenvalue weighted by molar-refractivity contribution is 7.10. The van der Waals surface area contributed by atoms with Crippen molar-refractivity contribution in [2.24, 2.45) is 0 Å². The quantitative estimate of drug-likeness (QED) is 0.753. The zero-order valence-electron chi connectivity index (χ0n) is 13.3. The first-order chi connectivity index (χ1) is 10.9. The van der Waals surface area contributed by atoms with Crippen LogP contribution in [0.15, 0.2) is 29.6 Å². The first kappa shape index (κ1) is 17.2. The maximum absolute atomic E-state index is 11.9. The highest BCUT2D eigenvalue weighted by Gasteiger charge is 2.17. The van der Waals surface area contributed by atoms with Crippen molar-refractivity contribution in [1.29, 1.82) is 0 Å². The van der Waals surface area contributed by atoms with Crippen LogP contribution in [0.2, 0.25) is 0 Å². The molecule has 0 saturated carbocycles. The van der Waals surface area contributed by atoms with Crippen molar-refractivity contribution >= 4 is 28.8 Å². The highest BCUT2D eigenvalue weighted by Crippen LogP contribution is 2.23. The minimum absolute atomic E-state index is 0.000528. The number of carbonyl (C=O) groups is 2. The minimum Gasteiger partial charge on any atom is -0.386 e. The van der Waals surface area contributed by atoms with Crippen molar-refractivity contribution in [2.45, 2.75) is 26.9 Å². The molecule has 122 valence electrons. The molecule has 0 fully saturated rings. The molecule has 2 amide bonds. The van der Waals surface area contributed by atoms with E-state index in [4.69, 9.17) is 0 Å². The van der Waals surface area contributed by atoms with Gasteiger partial charge in [-0.25, -0.2) is 0 Å². The zero-order chi connectivity index (χ0) is 17.0. The number of aliphatic hydroxyl groups excluding tert-OH is 1. The van der Waals surface area contributed by atoms with Gasteiger partial charge < -0.3 is 15.7 Å². The molecule has 1 atom stereocenters. The SMILES string of the molecule is Cc1ccc(NC(=O)C(=O)NCC(O)c2sccc2C)cc1C. The van der Waals surface area contributed by atoms with Gasteiger partial charge in [-0.1, -0.05) is 6.07 Å². The van der Waals surface area contributed by atoms with Gasteiger partial charge in [0, 0.05) is 17.1 Å². The third-order valence-electron chi connectivity index (χ3n) is 3.63. The molecule has 2 aromatic rings. The first-order valence-corrected chi connectivity index (χ1v) is 8.15. The van der Waals surface area contributed by atoms with Gasteiger partial charge in [0.2, 0.25) is 0 Å². The second-order valence-electron chi connectivity index (χ2n) is 5.45. The molecule has 23 heavy (non-hydrogen) atoms. The van der Waals surface area contributed by atoms with E-state index >= 15 is 0 Å². The van der Waals surface area contributed by atoms with Crippen molar-refractivity contribution in [1.82, 2.24) is 5.32 Å². The summed E-state index contributed by atoms with van der Waals surface area (Å²) < 4.78 is 0. The van der Waals surface area contributed by atoms with Crippen LogP contribution in [0.5, 0.6) is 0 Å². The van der Waals surface area contributed by atoms with E-state index < -0.39 is 17.9 Å². The molecule has 1 unspecified atom stereocenters. The summed E-state index contributed by atoms with van der Waals surface area (Å²) in [6, 6.07) is 7.34. The summed E-state index contributed by atoms with van der Waals surface area (Å²) >= 11 is 1.42. The summed E-state index contributed by atoms with van der Waals surface area (Å²) in [4.78, 5) is 24.5. The Kier molecular flexibility index (Phi) is 5.52. The molecule has 2 rings (SSSR count). The molecule has 6 heteroatoms. The van der Waals surface area contributed by atoms with E-state index in [9.17, 15) is 14.7 Å². The van der Waals surface area contributed by atoms with E-state index in [1.165, 1.54) is 11.3 Å². The zero-order valence-corrected chi connectivity index (χ0v) is 14.2. The van der Waals surface area contributed by atoms with E-state index in [1.54, 1.807) is 6.07 Å².